The van der Waals surface area contributed by atoms with Crippen LogP contribution in [-0.4, -0.2) is 32.5 Å². The number of thioether (sulfide) groups is 1. The van der Waals surface area contributed by atoms with Crippen LogP contribution >= 0.6 is 11.8 Å². The maximum Gasteiger partial charge on any atom is 0.230 e. The van der Waals surface area contributed by atoms with E-state index in [1.165, 1.54) is 24.2 Å². The van der Waals surface area contributed by atoms with Crippen molar-refractivity contribution in [1.29, 1.82) is 0 Å². The average Bonchev–Trinajstić information content (AvgIpc) is 3.15. The number of halogens is 1. The lowest BCUT2D eigenvalue weighted by atomic mass is 9.95. The van der Waals surface area contributed by atoms with Crippen molar-refractivity contribution < 1.29 is 9.18 Å². The first kappa shape index (κ1) is 20.8. The van der Waals surface area contributed by atoms with Crippen LogP contribution in [0.1, 0.15) is 64.8 Å². The van der Waals surface area contributed by atoms with Gasteiger partial charge in [0, 0.05) is 12.1 Å². The van der Waals surface area contributed by atoms with Crippen molar-refractivity contribution in [3.05, 3.63) is 30.1 Å². The van der Waals surface area contributed by atoms with Crippen molar-refractivity contribution >= 4 is 17.7 Å². The van der Waals surface area contributed by atoms with E-state index in [9.17, 15) is 9.18 Å². The van der Waals surface area contributed by atoms with Gasteiger partial charge in [0.15, 0.2) is 11.0 Å². The average molecular weight is 405 g/mol. The number of nitrogens with one attached hydrogen (secondary N) is 1. The smallest absolute Gasteiger partial charge is 0.230 e. The topological polar surface area (TPSA) is 59.8 Å². The van der Waals surface area contributed by atoms with Gasteiger partial charge in [0.2, 0.25) is 5.91 Å². The minimum atomic E-state index is -0.296. The monoisotopic (exact) mass is 404 g/mol. The van der Waals surface area contributed by atoms with Gasteiger partial charge in [0.05, 0.1) is 11.3 Å². The Morgan fingerprint density at radius 3 is 2.61 bits per heavy atom. The molecule has 1 aromatic heterocycles. The van der Waals surface area contributed by atoms with E-state index in [4.69, 9.17) is 0 Å². The first-order valence-electron chi connectivity index (χ1n) is 10.3. The molecule has 2 aromatic rings. The van der Waals surface area contributed by atoms with Crippen molar-refractivity contribution in [2.45, 2.75) is 76.0 Å². The van der Waals surface area contributed by atoms with Crippen LogP contribution in [0, 0.1) is 5.82 Å². The van der Waals surface area contributed by atoms with Crippen molar-refractivity contribution in [1.82, 2.24) is 20.1 Å². The number of amides is 1. The summed E-state index contributed by atoms with van der Waals surface area (Å²) < 4.78 is 16.5. The van der Waals surface area contributed by atoms with Crippen LogP contribution in [0.15, 0.2) is 29.4 Å². The Bertz CT molecular complexity index is 784. The SMILES string of the molecule is CCC(CC)NC(=O)CSc1nnc(-c2ccccc2F)n1C1CCCCC1. The van der Waals surface area contributed by atoms with E-state index in [-0.39, 0.29) is 23.8 Å². The number of hydrogen-bond acceptors (Lipinski definition) is 4. The van der Waals surface area contributed by atoms with E-state index in [2.05, 4.69) is 33.9 Å². The molecule has 0 saturated heterocycles. The van der Waals surface area contributed by atoms with Gasteiger partial charge in [0.1, 0.15) is 5.82 Å². The first-order valence-corrected chi connectivity index (χ1v) is 11.2. The standard InChI is InChI=1S/C21H29FN4OS/c1-3-15(4-2)23-19(27)14-28-21-25-24-20(17-12-8-9-13-18(17)22)26(21)16-10-6-5-7-11-16/h8-9,12-13,15-16H,3-7,10-11,14H2,1-2H3,(H,23,27). The zero-order valence-corrected chi connectivity index (χ0v) is 17.5. The summed E-state index contributed by atoms with van der Waals surface area (Å²) in [7, 11) is 0. The summed E-state index contributed by atoms with van der Waals surface area (Å²) in [4.78, 5) is 12.3. The van der Waals surface area contributed by atoms with Crippen molar-refractivity contribution in [3.8, 4) is 11.4 Å². The molecular weight excluding hydrogens is 375 g/mol. The molecule has 1 amide bonds. The molecule has 1 saturated carbocycles. The van der Waals surface area contributed by atoms with Gasteiger partial charge in [-0.15, -0.1) is 10.2 Å². The van der Waals surface area contributed by atoms with Crippen LogP contribution in [0.4, 0.5) is 4.39 Å². The Kier molecular flexibility index (Phi) is 7.48. The maximum absolute atomic E-state index is 14.4. The molecule has 3 rings (SSSR count). The van der Waals surface area contributed by atoms with E-state index in [1.807, 2.05) is 6.07 Å². The fraction of sp³-hybridized carbons (Fsp3) is 0.571. The molecule has 0 bridgehead atoms. The van der Waals surface area contributed by atoms with Crippen LogP contribution in [-0.2, 0) is 4.79 Å². The molecule has 28 heavy (non-hydrogen) atoms. The summed E-state index contributed by atoms with van der Waals surface area (Å²) in [5.74, 6) is 0.561. The number of aromatic nitrogens is 3. The van der Waals surface area contributed by atoms with Crippen molar-refractivity contribution in [2.24, 2.45) is 0 Å². The number of nitrogens with zero attached hydrogens (tertiary/aromatic N) is 3. The van der Waals surface area contributed by atoms with Crippen LogP contribution in [0.2, 0.25) is 0 Å². The first-order chi connectivity index (χ1) is 13.6. The van der Waals surface area contributed by atoms with Gasteiger partial charge in [-0.3, -0.25) is 9.36 Å². The number of benzene rings is 1. The molecule has 5 nitrogen and oxygen atoms in total. The molecule has 1 aromatic carbocycles. The minimum Gasteiger partial charge on any atom is -0.353 e. The van der Waals surface area contributed by atoms with Crippen LogP contribution in [0.25, 0.3) is 11.4 Å². The molecule has 1 aliphatic rings. The van der Waals surface area contributed by atoms with Gasteiger partial charge in [-0.1, -0.05) is 57.0 Å². The van der Waals surface area contributed by atoms with Gasteiger partial charge in [0.25, 0.3) is 0 Å². The van der Waals surface area contributed by atoms with Gasteiger partial charge >= 0.3 is 0 Å². The maximum atomic E-state index is 14.4. The number of rotatable bonds is 8. The Labute approximate surface area is 170 Å². The molecule has 0 radical (unpaired) electrons. The summed E-state index contributed by atoms with van der Waals surface area (Å²) >= 11 is 1.39. The van der Waals surface area contributed by atoms with E-state index in [0.717, 1.165) is 38.5 Å². The lowest BCUT2D eigenvalue weighted by Gasteiger charge is -2.25. The molecule has 152 valence electrons. The molecular formula is C21H29FN4OS. The fourth-order valence-corrected chi connectivity index (χ4v) is 4.58. The number of carbonyl (C=O) groups excluding carboxylic acids is 1. The molecule has 7 heteroatoms. The lowest BCUT2D eigenvalue weighted by molar-refractivity contribution is -0.119. The van der Waals surface area contributed by atoms with E-state index in [0.29, 0.717) is 22.3 Å². The van der Waals surface area contributed by atoms with Gasteiger partial charge in [-0.2, -0.15) is 0 Å². The number of carbonyl (C=O) groups is 1. The van der Waals surface area contributed by atoms with Crippen LogP contribution < -0.4 is 5.32 Å². The molecule has 0 aliphatic heterocycles. The number of hydrogen-bond donors (Lipinski definition) is 1. The predicted molar refractivity (Wildman–Crippen MR) is 111 cm³/mol. The van der Waals surface area contributed by atoms with E-state index in [1.54, 1.807) is 12.1 Å². The highest BCUT2D eigenvalue weighted by atomic mass is 32.2. The second-order valence-corrected chi connectivity index (χ2v) is 8.26. The molecule has 1 fully saturated rings. The largest absolute Gasteiger partial charge is 0.353 e. The molecule has 1 N–H and O–H groups in total. The predicted octanol–water partition coefficient (Wildman–Crippen LogP) is 4.99. The third-order valence-electron chi connectivity index (χ3n) is 5.40. The summed E-state index contributed by atoms with van der Waals surface area (Å²) in [6, 6.07) is 7.14. The molecule has 0 unspecified atom stereocenters. The Morgan fingerprint density at radius 2 is 1.93 bits per heavy atom. The zero-order valence-electron chi connectivity index (χ0n) is 16.7. The highest BCUT2D eigenvalue weighted by molar-refractivity contribution is 7.99. The van der Waals surface area contributed by atoms with Gasteiger partial charge in [-0.05, 0) is 37.8 Å². The van der Waals surface area contributed by atoms with Crippen molar-refractivity contribution in [3.63, 3.8) is 0 Å². The van der Waals surface area contributed by atoms with Gasteiger partial charge in [-0.25, -0.2) is 4.39 Å². The quantitative estimate of drug-likeness (QED) is 0.630. The van der Waals surface area contributed by atoms with E-state index < -0.39 is 0 Å². The summed E-state index contributed by atoms with van der Waals surface area (Å²) in [6.45, 7) is 4.14. The highest BCUT2D eigenvalue weighted by Crippen LogP contribution is 2.36. The van der Waals surface area contributed by atoms with Crippen molar-refractivity contribution in [2.75, 3.05) is 5.75 Å². The Hall–Kier alpha value is -1.89. The molecule has 1 heterocycles. The second-order valence-electron chi connectivity index (χ2n) is 7.32. The fourth-order valence-electron chi connectivity index (χ4n) is 3.76. The molecule has 1 aliphatic carbocycles. The Morgan fingerprint density at radius 1 is 1.21 bits per heavy atom. The molecule has 0 spiro atoms. The lowest BCUT2D eigenvalue weighted by Crippen LogP contribution is -2.35. The summed E-state index contributed by atoms with van der Waals surface area (Å²) in [5.41, 5.74) is 0.467. The second kappa shape index (κ2) is 10.0. The third-order valence-corrected chi connectivity index (χ3v) is 6.35. The van der Waals surface area contributed by atoms with Crippen LogP contribution in [0.5, 0.6) is 0 Å². The zero-order chi connectivity index (χ0) is 19.9. The minimum absolute atomic E-state index is 0.00401. The normalized spacial score (nSPS) is 15.1. The summed E-state index contributed by atoms with van der Waals surface area (Å²) in [6.07, 6.45) is 7.44. The third kappa shape index (κ3) is 4.93. The highest BCUT2D eigenvalue weighted by Gasteiger charge is 2.25. The molecule has 0 atom stereocenters. The Balaban J connectivity index is 1.83. The van der Waals surface area contributed by atoms with Gasteiger partial charge < -0.3 is 5.32 Å². The van der Waals surface area contributed by atoms with E-state index >= 15 is 0 Å². The summed E-state index contributed by atoms with van der Waals surface area (Å²) in [5, 5.41) is 12.4. The van der Waals surface area contributed by atoms with Crippen LogP contribution in [0.3, 0.4) is 0 Å².